The van der Waals surface area contributed by atoms with E-state index in [1.54, 1.807) is 30.6 Å². The van der Waals surface area contributed by atoms with Crippen LogP contribution in [0.2, 0.25) is 0 Å². The molecule has 0 amide bonds. The molecule has 0 aliphatic carbocycles. The summed E-state index contributed by atoms with van der Waals surface area (Å²) >= 11 is 0. The highest BCUT2D eigenvalue weighted by atomic mass is 16.4. The zero-order chi connectivity index (χ0) is 20.0. The Kier molecular flexibility index (Phi) is 3.80. The van der Waals surface area contributed by atoms with Gasteiger partial charge in [-0.3, -0.25) is 4.79 Å². The van der Waals surface area contributed by atoms with E-state index in [-0.39, 0.29) is 11.1 Å². The molecule has 1 aromatic carbocycles. The van der Waals surface area contributed by atoms with E-state index in [9.17, 15) is 14.7 Å². The topological polar surface area (TPSA) is 103 Å². The fourth-order valence-electron chi connectivity index (χ4n) is 3.67. The Bertz CT molecular complexity index is 1440. The van der Waals surface area contributed by atoms with E-state index in [0.717, 1.165) is 33.4 Å². The number of pyridine rings is 1. The Balaban J connectivity index is 1.63. The van der Waals surface area contributed by atoms with Crippen molar-refractivity contribution in [2.45, 2.75) is 6.42 Å². The van der Waals surface area contributed by atoms with E-state index in [1.165, 1.54) is 0 Å². The number of aromatic nitrogens is 4. The number of carbonyl (C=O) groups is 1. The Morgan fingerprint density at radius 2 is 2.00 bits per heavy atom. The fourth-order valence-corrected chi connectivity index (χ4v) is 3.67. The SMILES string of the molecule is O=C(O)c1cccc(Cc2c[nH]c(=O)c3cc(-c4c[nH]c5ncccc45)cn23)c1. The number of hydrogen-bond acceptors (Lipinski definition) is 3. The maximum Gasteiger partial charge on any atom is 0.335 e. The molecule has 0 fully saturated rings. The second-order valence-electron chi connectivity index (χ2n) is 6.88. The molecule has 5 aromatic rings. The molecule has 7 heteroatoms. The van der Waals surface area contributed by atoms with Gasteiger partial charge in [-0.05, 0) is 35.9 Å². The van der Waals surface area contributed by atoms with Gasteiger partial charge in [0.15, 0.2) is 0 Å². The van der Waals surface area contributed by atoms with Crippen LogP contribution < -0.4 is 5.56 Å². The number of rotatable bonds is 4. The van der Waals surface area contributed by atoms with Crippen molar-refractivity contribution in [2.24, 2.45) is 0 Å². The van der Waals surface area contributed by atoms with Crippen LogP contribution >= 0.6 is 0 Å². The molecule has 4 aromatic heterocycles. The van der Waals surface area contributed by atoms with E-state index < -0.39 is 5.97 Å². The predicted molar refractivity (Wildman–Crippen MR) is 109 cm³/mol. The Morgan fingerprint density at radius 1 is 1.10 bits per heavy atom. The van der Waals surface area contributed by atoms with E-state index in [0.29, 0.717) is 11.9 Å². The van der Waals surface area contributed by atoms with Crippen molar-refractivity contribution in [3.63, 3.8) is 0 Å². The molecule has 0 atom stereocenters. The molecule has 0 aliphatic heterocycles. The molecule has 0 unspecified atom stereocenters. The van der Waals surface area contributed by atoms with Crippen LogP contribution in [-0.2, 0) is 6.42 Å². The highest BCUT2D eigenvalue weighted by molar-refractivity contribution is 5.94. The molecule has 5 rings (SSSR count). The van der Waals surface area contributed by atoms with E-state index in [1.807, 2.05) is 41.1 Å². The summed E-state index contributed by atoms with van der Waals surface area (Å²) in [6, 6.07) is 12.5. The summed E-state index contributed by atoms with van der Waals surface area (Å²) in [6.07, 6.45) is 7.70. The summed E-state index contributed by atoms with van der Waals surface area (Å²) in [6.45, 7) is 0. The van der Waals surface area contributed by atoms with Gasteiger partial charge in [-0.25, -0.2) is 9.78 Å². The molecule has 7 nitrogen and oxygen atoms in total. The van der Waals surface area contributed by atoms with E-state index in [4.69, 9.17) is 0 Å². The van der Waals surface area contributed by atoms with Crippen LogP contribution in [0.5, 0.6) is 0 Å². The van der Waals surface area contributed by atoms with Crippen molar-refractivity contribution < 1.29 is 9.90 Å². The van der Waals surface area contributed by atoms with Crippen molar-refractivity contribution in [3.8, 4) is 11.1 Å². The van der Waals surface area contributed by atoms with Gasteiger partial charge in [0.25, 0.3) is 5.56 Å². The van der Waals surface area contributed by atoms with Gasteiger partial charge in [0.2, 0.25) is 0 Å². The van der Waals surface area contributed by atoms with Gasteiger partial charge < -0.3 is 19.5 Å². The molecule has 0 spiro atoms. The molecule has 29 heavy (non-hydrogen) atoms. The quantitative estimate of drug-likeness (QED) is 0.441. The number of aromatic amines is 2. The third-order valence-electron chi connectivity index (χ3n) is 5.05. The summed E-state index contributed by atoms with van der Waals surface area (Å²) in [4.78, 5) is 33.9. The minimum absolute atomic E-state index is 0.183. The van der Waals surface area contributed by atoms with Crippen LogP contribution in [-0.4, -0.2) is 30.4 Å². The maximum atomic E-state index is 12.4. The lowest BCUT2D eigenvalue weighted by Gasteiger charge is -2.06. The first-order valence-electron chi connectivity index (χ1n) is 9.07. The Labute approximate surface area is 164 Å². The molecular formula is C22H16N4O3. The number of benzene rings is 1. The normalized spacial score (nSPS) is 11.3. The molecule has 0 saturated carbocycles. The minimum atomic E-state index is -0.963. The second kappa shape index (κ2) is 6.49. The lowest BCUT2D eigenvalue weighted by molar-refractivity contribution is 0.0696. The molecule has 4 heterocycles. The van der Waals surface area contributed by atoms with Crippen molar-refractivity contribution >= 4 is 22.5 Å². The summed E-state index contributed by atoms with van der Waals surface area (Å²) in [5, 5.41) is 10.2. The van der Waals surface area contributed by atoms with Gasteiger partial charge in [-0.1, -0.05) is 12.1 Å². The largest absolute Gasteiger partial charge is 0.478 e. The number of fused-ring (bicyclic) bond motifs is 2. The summed E-state index contributed by atoms with van der Waals surface area (Å²) < 4.78 is 1.86. The van der Waals surface area contributed by atoms with Crippen LogP contribution in [0.4, 0.5) is 0 Å². The zero-order valence-electron chi connectivity index (χ0n) is 15.2. The lowest BCUT2D eigenvalue weighted by atomic mass is 10.1. The number of hydrogen-bond donors (Lipinski definition) is 3. The monoisotopic (exact) mass is 384 g/mol. The zero-order valence-corrected chi connectivity index (χ0v) is 15.2. The van der Waals surface area contributed by atoms with Crippen LogP contribution in [0.15, 0.2) is 72.0 Å². The molecular weight excluding hydrogens is 368 g/mol. The molecule has 142 valence electrons. The van der Waals surface area contributed by atoms with Crippen molar-refractivity contribution in [1.82, 2.24) is 19.4 Å². The fraction of sp³-hybridized carbons (Fsp3) is 0.0455. The highest BCUT2D eigenvalue weighted by Gasteiger charge is 2.13. The summed E-state index contributed by atoms with van der Waals surface area (Å²) in [7, 11) is 0. The van der Waals surface area contributed by atoms with Gasteiger partial charge in [-0.15, -0.1) is 0 Å². The summed E-state index contributed by atoms with van der Waals surface area (Å²) in [5.41, 5.74) is 4.95. The van der Waals surface area contributed by atoms with Crippen molar-refractivity contribution in [1.29, 1.82) is 0 Å². The first kappa shape index (κ1) is 17.0. The molecule has 0 aliphatic rings. The number of carboxylic acids is 1. The van der Waals surface area contributed by atoms with Gasteiger partial charge in [0.1, 0.15) is 11.2 Å². The predicted octanol–water partition coefficient (Wildman–Crippen LogP) is 3.46. The van der Waals surface area contributed by atoms with Gasteiger partial charge in [-0.2, -0.15) is 0 Å². The Hall–Kier alpha value is -4.13. The van der Waals surface area contributed by atoms with Crippen LogP contribution in [0.1, 0.15) is 21.6 Å². The number of carboxylic acid groups (broad SMARTS) is 1. The maximum absolute atomic E-state index is 12.4. The van der Waals surface area contributed by atoms with Crippen LogP contribution in [0.25, 0.3) is 27.7 Å². The van der Waals surface area contributed by atoms with Crippen LogP contribution in [0, 0.1) is 0 Å². The number of aromatic carboxylic acids is 1. The average molecular weight is 384 g/mol. The smallest absolute Gasteiger partial charge is 0.335 e. The first-order chi connectivity index (χ1) is 14.1. The molecule has 0 saturated heterocycles. The molecule has 3 N–H and O–H groups in total. The second-order valence-corrected chi connectivity index (χ2v) is 6.88. The summed E-state index contributed by atoms with van der Waals surface area (Å²) in [5.74, 6) is -0.963. The molecule has 0 radical (unpaired) electrons. The van der Waals surface area contributed by atoms with Gasteiger partial charge >= 0.3 is 5.97 Å². The van der Waals surface area contributed by atoms with Crippen LogP contribution in [0.3, 0.4) is 0 Å². The highest BCUT2D eigenvalue weighted by Crippen LogP contribution is 2.29. The number of H-pyrrole nitrogens is 2. The third kappa shape index (κ3) is 2.89. The van der Waals surface area contributed by atoms with Gasteiger partial charge in [0, 0.05) is 53.4 Å². The lowest BCUT2D eigenvalue weighted by Crippen LogP contribution is -2.11. The minimum Gasteiger partial charge on any atom is -0.478 e. The van der Waals surface area contributed by atoms with Crippen molar-refractivity contribution in [2.75, 3.05) is 0 Å². The Morgan fingerprint density at radius 3 is 2.86 bits per heavy atom. The molecule has 0 bridgehead atoms. The standard InChI is InChI=1S/C22H16N4O3/c27-21-19-9-15(18-11-24-20-17(18)5-2-6-23-20)12-26(19)16(10-25-21)8-13-3-1-4-14(7-13)22(28)29/h1-7,9-12H,8H2,(H,23,24)(H,25,27)(H,28,29). The van der Waals surface area contributed by atoms with E-state index in [2.05, 4.69) is 15.0 Å². The third-order valence-corrected chi connectivity index (χ3v) is 5.05. The van der Waals surface area contributed by atoms with E-state index >= 15 is 0 Å². The average Bonchev–Trinajstić information content (AvgIpc) is 3.35. The van der Waals surface area contributed by atoms with Crippen molar-refractivity contribution in [3.05, 3.63) is 94.4 Å². The van der Waals surface area contributed by atoms with Gasteiger partial charge in [0.05, 0.1) is 5.56 Å². The first-order valence-corrected chi connectivity index (χ1v) is 9.07. The number of nitrogens with one attached hydrogen (secondary N) is 2. The number of nitrogens with zero attached hydrogens (tertiary/aromatic N) is 2.